The van der Waals surface area contributed by atoms with Gasteiger partial charge in [0.2, 0.25) is 0 Å². The van der Waals surface area contributed by atoms with Gasteiger partial charge in [-0.15, -0.1) is 0 Å². The number of aldehydes is 1. The molecule has 0 spiro atoms. The summed E-state index contributed by atoms with van der Waals surface area (Å²) in [6.07, 6.45) is 1.03. The van der Waals surface area contributed by atoms with Gasteiger partial charge in [-0.05, 0) is 24.1 Å². The molecule has 4 heteroatoms. The molecular weight excluding hydrogens is 181 g/mol. The Morgan fingerprint density at radius 2 is 1.69 bits per heavy atom. The monoisotopic (exact) mass is 188 g/mol. The number of halogens is 3. The molecule has 0 unspecified atom stereocenters. The minimum atomic E-state index is -1.48. The van der Waals surface area contributed by atoms with Gasteiger partial charge in [0.15, 0.2) is 17.5 Å². The Hall–Kier alpha value is -1.32. The second-order valence-electron chi connectivity index (χ2n) is 2.58. The molecule has 0 aliphatic heterocycles. The Labute approximate surface area is 73.2 Å². The van der Waals surface area contributed by atoms with Gasteiger partial charge in [-0.3, -0.25) is 0 Å². The molecule has 1 aromatic rings. The highest BCUT2D eigenvalue weighted by molar-refractivity contribution is 5.50. The Morgan fingerprint density at radius 1 is 1.15 bits per heavy atom. The summed E-state index contributed by atoms with van der Waals surface area (Å²) in [7, 11) is 0. The number of rotatable bonds is 3. The number of hydrogen-bond acceptors (Lipinski definition) is 1. The van der Waals surface area contributed by atoms with Crippen LogP contribution in [0.25, 0.3) is 0 Å². The van der Waals surface area contributed by atoms with Crippen LogP contribution >= 0.6 is 0 Å². The fraction of sp³-hybridized carbons (Fsp3) is 0.222. The average molecular weight is 188 g/mol. The van der Waals surface area contributed by atoms with E-state index in [9.17, 15) is 18.0 Å². The van der Waals surface area contributed by atoms with E-state index in [1.807, 2.05) is 0 Å². The highest BCUT2D eigenvalue weighted by atomic mass is 19.2. The third-order valence-corrected chi connectivity index (χ3v) is 1.59. The van der Waals surface area contributed by atoms with Crippen LogP contribution in [0.3, 0.4) is 0 Å². The topological polar surface area (TPSA) is 17.1 Å². The van der Waals surface area contributed by atoms with Gasteiger partial charge in [-0.25, -0.2) is 13.2 Å². The summed E-state index contributed by atoms with van der Waals surface area (Å²) < 4.78 is 37.5. The van der Waals surface area contributed by atoms with Gasteiger partial charge < -0.3 is 4.79 Å². The van der Waals surface area contributed by atoms with E-state index in [-0.39, 0.29) is 18.4 Å². The Balaban J connectivity index is 2.92. The van der Waals surface area contributed by atoms with Crippen molar-refractivity contribution in [2.75, 3.05) is 0 Å². The first-order valence-electron chi connectivity index (χ1n) is 3.72. The lowest BCUT2D eigenvalue weighted by atomic mass is 10.1. The van der Waals surface area contributed by atoms with E-state index in [0.717, 1.165) is 12.1 Å². The molecule has 0 fully saturated rings. The highest BCUT2D eigenvalue weighted by Gasteiger charge is 2.09. The SMILES string of the molecule is O=CCCc1cc(F)c(F)c(F)c1. The molecule has 0 atom stereocenters. The summed E-state index contributed by atoms with van der Waals surface area (Å²) in [5, 5.41) is 0. The van der Waals surface area contributed by atoms with Gasteiger partial charge >= 0.3 is 0 Å². The largest absolute Gasteiger partial charge is 0.303 e. The van der Waals surface area contributed by atoms with Crippen molar-refractivity contribution in [1.82, 2.24) is 0 Å². The smallest absolute Gasteiger partial charge is 0.194 e. The lowest BCUT2D eigenvalue weighted by molar-refractivity contribution is -0.107. The third kappa shape index (κ3) is 2.31. The van der Waals surface area contributed by atoms with E-state index < -0.39 is 17.5 Å². The number of benzene rings is 1. The molecule has 1 rings (SSSR count). The molecule has 1 nitrogen and oxygen atoms in total. The minimum absolute atomic E-state index is 0.171. The average Bonchev–Trinajstić information content (AvgIpc) is 2.10. The van der Waals surface area contributed by atoms with Crippen LogP contribution in [0.4, 0.5) is 13.2 Å². The molecule has 0 radical (unpaired) electrons. The Kier molecular flexibility index (Phi) is 3.06. The third-order valence-electron chi connectivity index (χ3n) is 1.59. The first-order chi connectivity index (χ1) is 6.15. The molecule has 0 N–H and O–H groups in total. The van der Waals surface area contributed by atoms with E-state index in [0.29, 0.717) is 6.29 Å². The van der Waals surface area contributed by atoms with E-state index in [1.54, 1.807) is 0 Å². The van der Waals surface area contributed by atoms with Crippen molar-refractivity contribution in [3.63, 3.8) is 0 Å². The lowest BCUT2D eigenvalue weighted by Crippen LogP contribution is -1.95. The molecule has 0 aromatic heterocycles. The predicted octanol–water partition coefficient (Wildman–Crippen LogP) is 2.24. The molecule has 0 saturated carbocycles. The number of aryl methyl sites for hydroxylation is 1. The molecule has 13 heavy (non-hydrogen) atoms. The maximum absolute atomic E-state index is 12.6. The van der Waals surface area contributed by atoms with E-state index >= 15 is 0 Å². The Morgan fingerprint density at radius 3 is 2.15 bits per heavy atom. The number of carbonyl (C=O) groups excluding carboxylic acids is 1. The van der Waals surface area contributed by atoms with Crippen LogP contribution in [-0.2, 0) is 11.2 Å². The van der Waals surface area contributed by atoms with Crippen LogP contribution in [0.1, 0.15) is 12.0 Å². The molecule has 1 aromatic carbocycles. The van der Waals surface area contributed by atoms with Gasteiger partial charge in [-0.1, -0.05) is 0 Å². The molecule has 0 aliphatic carbocycles. The molecule has 0 bridgehead atoms. The van der Waals surface area contributed by atoms with Gasteiger partial charge in [-0.2, -0.15) is 0 Å². The van der Waals surface area contributed by atoms with Crippen molar-refractivity contribution >= 4 is 6.29 Å². The zero-order valence-corrected chi connectivity index (χ0v) is 6.69. The second-order valence-corrected chi connectivity index (χ2v) is 2.58. The predicted molar refractivity (Wildman–Crippen MR) is 40.7 cm³/mol. The fourth-order valence-corrected chi connectivity index (χ4v) is 0.978. The molecule has 0 amide bonds. The second kappa shape index (κ2) is 4.07. The Bertz CT molecular complexity index is 300. The van der Waals surface area contributed by atoms with Gasteiger partial charge in [0, 0.05) is 6.42 Å². The first kappa shape index (κ1) is 9.77. The quantitative estimate of drug-likeness (QED) is 0.525. The molecule has 0 heterocycles. The maximum Gasteiger partial charge on any atom is 0.194 e. The molecule has 0 aliphatic rings. The van der Waals surface area contributed by atoms with E-state index in [2.05, 4.69) is 0 Å². The van der Waals surface area contributed by atoms with Crippen molar-refractivity contribution in [2.45, 2.75) is 12.8 Å². The summed E-state index contributed by atoms with van der Waals surface area (Å²) in [4.78, 5) is 9.95. The summed E-state index contributed by atoms with van der Waals surface area (Å²) in [6, 6.07) is 1.78. The van der Waals surface area contributed by atoms with Crippen LogP contribution < -0.4 is 0 Å². The summed E-state index contributed by atoms with van der Waals surface area (Å²) in [5.41, 5.74) is 0.281. The van der Waals surface area contributed by atoms with Crippen molar-refractivity contribution < 1.29 is 18.0 Å². The number of carbonyl (C=O) groups is 1. The van der Waals surface area contributed by atoms with Crippen molar-refractivity contribution in [3.8, 4) is 0 Å². The van der Waals surface area contributed by atoms with Crippen LogP contribution in [0.15, 0.2) is 12.1 Å². The number of hydrogen-bond donors (Lipinski definition) is 0. The normalized spacial score (nSPS) is 10.1. The van der Waals surface area contributed by atoms with Crippen LogP contribution in [0.5, 0.6) is 0 Å². The minimum Gasteiger partial charge on any atom is -0.303 e. The van der Waals surface area contributed by atoms with Gasteiger partial charge in [0.1, 0.15) is 6.29 Å². The molecular formula is C9H7F3O. The van der Waals surface area contributed by atoms with Crippen molar-refractivity contribution in [3.05, 3.63) is 35.1 Å². The summed E-state index contributed by atoms with van der Waals surface area (Å²) >= 11 is 0. The first-order valence-corrected chi connectivity index (χ1v) is 3.72. The standard InChI is InChI=1S/C9H7F3O/c10-7-4-6(2-1-3-13)5-8(11)9(7)12/h3-5H,1-2H2. The van der Waals surface area contributed by atoms with Gasteiger partial charge in [0.25, 0.3) is 0 Å². The lowest BCUT2D eigenvalue weighted by Gasteiger charge is -2.00. The summed E-state index contributed by atoms with van der Waals surface area (Å²) in [5.74, 6) is -3.92. The van der Waals surface area contributed by atoms with Gasteiger partial charge in [0.05, 0.1) is 0 Å². The van der Waals surface area contributed by atoms with Crippen LogP contribution in [0, 0.1) is 17.5 Å². The van der Waals surface area contributed by atoms with E-state index in [1.165, 1.54) is 0 Å². The summed E-state index contributed by atoms with van der Waals surface area (Å²) in [6.45, 7) is 0. The zero-order chi connectivity index (χ0) is 9.84. The van der Waals surface area contributed by atoms with Crippen LogP contribution in [-0.4, -0.2) is 6.29 Å². The van der Waals surface area contributed by atoms with Crippen molar-refractivity contribution in [2.24, 2.45) is 0 Å². The van der Waals surface area contributed by atoms with Crippen molar-refractivity contribution in [1.29, 1.82) is 0 Å². The zero-order valence-electron chi connectivity index (χ0n) is 6.69. The van der Waals surface area contributed by atoms with E-state index in [4.69, 9.17) is 0 Å². The molecule has 0 saturated heterocycles. The van der Waals surface area contributed by atoms with Crippen LogP contribution in [0.2, 0.25) is 0 Å². The highest BCUT2D eigenvalue weighted by Crippen LogP contribution is 2.14. The maximum atomic E-state index is 12.6. The molecule has 70 valence electrons. The fourth-order valence-electron chi connectivity index (χ4n) is 0.978.